The first-order valence-corrected chi connectivity index (χ1v) is 9.19. The Morgan fingerprint density at radius 1 is 1.08 bits per heavy atom. The molecule has 1 aliphatic carbocycles. The van der Waals surface area contributed by atoms with Crippen LogP contribution < -0.4 is 5.32 Å². The van der Waals surface area contributed by atoms with Gasteiger partial charge in [-0.1, -0.05) is 18.6 Å². The maximum atomic E-state index is 12.3. The summed E-state index contributed by atoms with van der Waals surface area (Å²) in [5.41, 5.74) is 1.76. The number of nitrogens with one attached hydrogen (secondary N) is 1. The molecule has 0 bridgehead atoms. The summed E-state index contributed by atoms with van der Waals surface area (Å²) in [5.74, 6) is -1.25. The van der Waals surface area contributed by atoms with Crippen LogP contribution in [0.4, 0.5) is 5.13 Å². The van der Waals surface area contributed by atoms with Gasteiger partial charge in [0, 0.05) is 4.88 Å². The molecule has 1 aliphatic heterocycles. The second kappa shape index (κ2) is 6.40. The normalized spacial score (nSPS) is 16.4. The smallest absolute Gasteiger partial charge is 0.262 e. The van der Waals surface area contributed by atoms with Crippen LogP contribution in [0.2, 0.25) is 0 Å². The molecule has 25 heavy (non-hydrogen) atoms. The standard InChI is InChI=1S/C18H17N3O3S/c22-15(20-18-19-13-8-2-1-3-9-14(13)25-18)10-21-16(23)11-6-4-5-7-12(11)17(21)24/h4-7H,1-3,8-10H2,(H,19,20,22). The molecule has 6 nitrogen and oxygen atoms in total. The summed E-state index contributed by atoms with van der Waals surface area (Å²) in [4.78, 5) is 43.6. The lowest BCUT2D eigenvalue weighted by Gasteiger charge is -2.12. The Bertz CT molecular complexity index is 816. The molecular weight excluding hydrogens is 338 g/mol. The Labute approximate surface area is 148 Å². The molecule has 2 aromatic rings. The molecule has 2 heterocycles. The lowest BCUT2D eigenvalue weighted by Crippen LogP contribution is -2.37. The molecule has 1 aromatic carbocycles. The van der Waals surface area contributed by atoms with Gasteiger partial charge in [0.2, 0.25) is 5.91 Å². The van der Waals surface area contributed by atoms with E-state index in [-0.39, 0.29) is 6.54 Å². The van der Waals surface area contributed by atoms with Gasteiger partial charge in [-0.3, -0.25) is 19.3 Å². The van der Waals surface area contributed by atoms with Crippen LogP contribution in [0, 0.1) is 0 Å². The zero-order valence-electron chi connectivity index (χ0n) is 13.6. The topological polar surface area (TPSA) is 79.4 Å². The highest BCUT2D eigenvalue weighted by molar-refractivity contribution is 7.15. The van der Waals surface area contributed by atoms with Crippen molar-refractivity contribution in [1.29, 1.82) is 0 Å². The van der Waals surface area contributed by atoms with Gasteiger partial charge in [0.1, 0.15) is 6.54 Å². The Morgan fingerprint density at radius 3 is 2.48 bits per heavy atom. The average molecular weight is 355 g/mol. The Morgan fingerprint density at radius 2 is 1.76 bits per heavy atom. The summed E-state index contributed by atoms with van der Waals surface area (Å²) >= 11 is 1.49. The van der Waals surface area contributed by atoms with Crippen molar-refractivity contribution in [3.05, 3.63) is 46.0 Å². The van der Waals surface area contributed by atoms with E-state index in [0.717, 1.165) is 36.3 Å². The highest BCUT2D eigenvalue weighted by Crippen LogP contribution is 2.29. The molecule has 4 rings (SSSR count). The number of carbonyl (C=O) groups is 3. The number of imide groups is 1. The lowest BCUT2D eigenvalue weighted by molar-refractivity contribution is -0.116. The van der Waals surface area contributed by atoms with Crippen LogP contribution in [0.15, 0.2) is 24.3 Å². The molecule has 0 radical (unpaired) electrons. The number of nitrogens with zero attached hydrogens (tertiary/aromatic N) is 2. The van der Waals surface area contributed by atoms with Crippen LogP contribution in [0.3, 0.4) is 0 Å². The van der Waals surface area contributed by atoms with Crippen molar-refractivity contribution in [2.75, 3.05) is 11.9 Å². The first-order chi connectivity index (χ1) is 12.1. The zero-order chi connectivity index (χ0) is 17.4. The van der Waals surface area contributed by atoms with Crippen LogP contribution >= 0.6 is 11.3 Å². The number of fused-ring (bicyclic) bond motifs is 2. The molecular formula is C18H17N3O3S. The highest BCUT2D eigenvalue weighted by Gasteiger charge is 2.36. The van der Waals surface area contributed by atoms with E-state index < -0.39 is 17.7 Å². The molecule has 1 aromatic heterocycles. The first kappa shape index (κ1) is 16.0. The maximum Gasteiger partial charge on any atom is 0.262 e. The summed E-state index contributed by atoms with van der Waals surface area (Å²) < 4.78 is 0. The molecule has 0 saturated heterocycles. The van der Waals surface area contributed by atoms with Gasteiger partial charge in [-0.2, -0.15) is 0 Å². The maximum absolute atomic E-state index is 12.3. The Hall–Kier alpha value is -2.54. The molecule has 1 N–H and O–H groups in total. The number of hydrogen-bond acceptors (Lipinski definition) is 5. The third-order valence-electron chi connectivity index (χ3n) is 4.52. The van der Waals surface area contributed by atoms with Gasteiger partial charge in [-0.05, 0) is 37.8 Å². The number of amides is 3. The molecule has 0 saturated carbocycles. The van der Waals surface area contributed by atoms with Crippen LogP contribution in [0.1, 0.15) is 50.5 Å². The van der Waals surface area contributed by atoms with Crippen LogP contribution in [-0.2, 0) is 17.6 Å². The molecule has 2 aliphatic rings. The van der Waals surface area contributed by atoms with Crippen molar-refractivity contribution >= 4 is 34.2 Å². The minimum atomic E-state index is -0.425. The van der Waals surface area contributed by atoms with Crippen molar-refractivity contribution in [3.8, 4) is 0 Å². The summed E-state index contributed by atoms with van der Waals surface area (Å²) in [5, 5.41) is 3.29. The molecule has 3 amide bonds. The third kappa shape index (κ3) is 2.95. The minimum Gasteiger partial charge on any atom is -0.300 e. The Balaban J connectivity index is 1.45. The number of rotatable bonds is 3. The van der Waals surface area contributed by atoms with Gasteiger partial charge in [-0.25, -0.2) is 4.98 Å². The van der Waals surface area contributed by atoms with Crippen molar-refractivity contribution in [2.24, 2.45) is 0 Å². The van der Waals surface area contributed by atoms with Gasteiger partial charge in [0.05, 0.1) is 16.8 Å². The second-order valence-electron chi connectivity index (χ2n) is 6.24. The molecule has 128 valence electrons. The van der Waals surface area contributed by atoms with Crippen molar-refractivity contribution in [3.63, 3.8) is 0 Å². The number of hydrogen-bond donors (Lipinski definition) is 1. The van der Waals surface area contributed by atoms with E-state index in [1.807, 2.05) is 0 Å². The molecule has 0 atom stereocenters. The van der Waals surface area contributed by atoms with E-state index in [4.69, 9.17) is 0 Å². The van der Waals surface area contributed by atoms with Crippen LogP contribution in [0.5, 0.6) is 0 Å². The fraction of sp³-hybridized carbons (Fsp3) is 0.333. The number of benzene rings is 1. The summed E-state index contributed by atoms with van der Waals surface area (Å²) in [6, 6.07) is 6.61. The van der Waals surface area contributed by atoms with Gasteiger partial charge < -0.3 is 5.32 Å². The molecule has 0 fully saturated rings. The van der Waals surface area contributed by atoms with Gasteiger partial charge in [-0.15, -0.1) is 11.3 Å². The van der Waals surface area contributed by atoms with Crippen molar-refractivity contribution in [2.45, 2.75) is 32.1 Å². The molecule has 0 unspecified atom stereocenters. The number of aromatic nitrogens is 1. The monoisotopic (exact) mass is 355 g/mol. The summed E-state index contributed by atoms with van der Waals surface area (Å²) in [6.07, 6.45) is 5.43. The van der Waals surface area contributed by atoms with E-state index in [1.54, 1.807) is 24.3 Å². The fourth-order valence-corrected chi connectivity index (χ4v) is 4.33. The predicted molar refractivity (Wildman–Crippen MR) is 93.8 cm³/mol. The van der Waals surface area contributed by atoms with E-state index in [2.05, 4.69) is 10.3 Å². The van der Waals surface area contributed by atoms with Crippen LogP contribution in [0.25, 0.3) is 0 Å². The Kier molecular flexibility index (Phi) is 4.09. The number of anilines is 1. The minimum absolute atomic E-state index is 0.295. The summed E-state index contributed by atoms with van der Waals surface area (Å²) in [6.45, 7) is -0.295. The van der Waals surface area contributed by atoms with E-state index in [9.17, 15) is 14.4 Å². The molecule has 0 spiro atoms. The van der Waals surface area contributed by atoms with Gasteiger partial charge in [0.25, 0.3) is 11.8 Å². The van der Waals surface area contributed by atoms with Crippen LogP contribution in [-0.4, -0.2) is 34.2 Å². The summed E-state index contributed by atoms with van der Waals surface area (Å²) in [7, 11) is 0. The second-order valence-corrected chi connectivity index (χ2v) is 7.32. The number of carbonyl (C=O) groups excluding carboxylic acids is 3. The zero-order valence-corrected chi connectivity index (χ0v) is 14.4. The predicted octanol–water partition coefficient (Wildman–Crippen LogP) is 2.65. The quantitative estimate of drug-likeness (QED) is 0.678. The lowest BCUT2D eigenvalue weighted by atomic mass is 10.1. The van der Waals surface area contributed by atoms with Gasteiger partial charge >= 0.3 is 0 Å². The fourth-order valence-electron chi connectivity index (χ4n) is 3.27. The molecule has 7 heteroatoms. The van der Waals surface area contributed by atoms with E-state index >= 15 is 0 Å². The SMILES string of the molecule is O=C(CN1C(=O)c2ccccc2C1=O)Nc1nc2c(s1)CCCCC2. The van der Waals surface area contributed by atoms with Crippen molar-refractivity contribution < 1.29 is 14.4 Å². The number of thiazole rings is 1. The van der Waals surface area contributed by atoms with E-state index in [0.29, 0.717) is 16.3 Å². The third-order valence-corrected chi connectivity index (χ3v) is 5.59. The largest absolute Gasteiger partial charge is 0.300 e. The average Bonchev–Trinajstić information content (AvgIpc) is 2.99. The van der Waals surface area contributed by atoms with E-state index in [1.165, 1.54) is 22.6 Å². The highest BCUT2D eigenvalue weighted by atomic mass is 32.1. The first-order valence-electron chi connectivity index (χ1n) is 8.37. The number of aryl methyl sites for hydroxylation is 2. The van der Waals surface area contributed by atoms with Crippen molar-refractivity contribution in [1.82, 2.24) is 9.88 Å². The van der Waals surface area contributed by atoms with Gasteiger partial charge in [0.15, 0.2) is 5.13 Å².